The topological polar surface area (TPSA) is 0 Å². The van der Waals surface area contributed by atoms with Gasteiger partial charge < -0.3 is 0 Å². The van der Waals surface area contributed by atoms with Crippen molar-refractivity contribution in [3.05, 3.63) is 0 Å². The van der Waals surface area contributed by atoms with Crippen LogP contribution >= 0.6 is 11.6 Å². The molecule has 0 aliphatic carbocycles. The minimum Gasteiger partial charge on any atom is -0.131 e. The van der Waals surface area contributed by atoms with Crippen LogP contribution in [0.15, 0.2) is 0 Å². The third-order valence-corrected chi connectivity index (χ3v) is 6.56. The number of hydrogen-bond acceptors (Lipinski definition) is 0. The van der Waals surface area contributed by atoms with E-state index in [2.05, 4.69) is 6.92 Å². The molecule has 21 heavy (non-hydrogen) atoms. The normalized spacial score (nSPS) is 11.7. The van der Waals surface area contributed by atoms with E-state index < -0.39 is 0 Å². The zero-order chi connectivity index (χ0) is 15.4. The van der Waals surface area contributed by atoms with Crippen LogP contribution in [0.3, 0.4) is 0 Å². The summed E-state index contributed by atoms with van der Waals surface area (Å²) in [5, 5.41) is 0. The fourth-order valence-corrected chi connectivity index (χ4v) is 4.46. The first-order valence-electron chi connectivity index (χ1n) is 9.97. The number of rotatable bonds is 18. The molecule has 128 valence electrons. The summed E-state index contributed by atoms with van der Waals surface area (Å²) in [4.78, 5) is 0. The molecule has 0 nitrogen and oxygen atoms in total. The van der Waals surface area contributed by atoms with E-state index in [1.165, 1.54) is 109 Å². The molecule has 2 heteroatoms. The molecule has 0 aliphatic rings. The average Bonchev–Trinajstić information content (AvgIpc) is 2.50. The molecule has 0 rings (SSSR count). The van der Waals surface area contributed by atoms with Gasteiger partial charge in [-0.3, -0.25) is 0 Å². The van der Waals surface area contributed by atoms with Crippen LogP contribution in [0.5, 0.6) is 0 Å². The Kier molecular flexibility index (Phi) is 21.0. The zero-order valence-corrected chi connectivity index (χ0v) is 17.0. The van der Waals surface area contributed by atoms with Crippen molar-refractivity contribution in [3.8, 4) is 0 Å². The maximum Gasteiger partial charge on any atom is 0.0378 e. The van der Waals surface area contributed by atoms with Gasteiger partial charge in [0.05, 0.1) is 0 Å². The van der Waals surface area contributed by atoms with Crippen molar-refractivity contribution < 1.29 is 0 Å². The van der Waals surface area contributed by atoms with E-state index in [-0.39, 0.29) is 9.52 Å². The van der Waals surface area contributed by atoms with E-state index in [4.69, 9.17) is 11.6 Å². The van der Waals surface area contributed by atoms with Gasteiger partial charge in [0.15, 0.2) is 0 Å². The highest BCUT2D eigenvalue weighted by Crippen LogP contribution is 2.13. The molecule has 0 N–H and O–H groups in total. The molecule has 0 saturated heterocycles. The molecule has 0 heterocycles. The smallest absolute Gasteiger partial charge is 0.0378 e. The fraction of sp³-hybridized carbons (Fsp3) is 1.00. The van der Waals surface area contributed by atoms with Crippen molar-refractivity contribution in [2.24, 2.45) is 0 Å². The third kappa shape index (κ3) is 20.5. The van der Waals surface area contributed by atoms with Crippen LogP contribution in [0.4, 0.5) is 0 Å². The quantitative estimate of drug-likeness (QED) is 0.143. The molecule has 0 spiro atoms. The van der Waals surface area contributed by atoms with E-state index in [1.807, 2.05) is 0 Å². The SMILES string of the molecule is CCCCCCCCCCCCCCCCCC[SiH2]CCl. The van der Waals surface area contributed by atoms with Crippen LogP contribution in [0.1, 0.15) is 110 Å². The van der Waals surface area contributed by atoms with Gasteiger partial charge in [0.2, 0.25) is 0 Å². The van der Waals surface area contributed by atoms with Crippen molar-refractivity contribution >= 4 is 21.1 Å². The first-order chi connectivity index (χ1) is 10.4. The van der Waals surface area contributed by atoms with E-state index in [1.54, 1.807) is 0 Å². The van der Waals surface area contributed by atoms with E-state index in [0.717, 1.165) is 5.50 Å². The fourth-order valence-electron chi connectivity index (χ4n) is 3.00. The Bertz CT molecular complexity index is 155. The van der Waals surface area contributed by atoms with Crippen LogP contribution in [0, 0.1) is 0 Å². The van der Waals surface area contributed by atoms with Gasteiger partial charge in [-0.05, 0) is 0 Å². The van der Waals surface area contributed by atoms with Crippen LogP contribution in [-0.2, 0) is 0 Å². The lowest BCUT2D eigenvalue weighted by Crippen LogP contribution is -1.90. The van der Waals surface area contributed by atoms with Crippen molar-refractivity contribution in [2.75, 3.05) is 5.50 Å². The molecule has 0 aromatic carbocycles. The van der Waals surface area contributed by atoms with Gasteiger partial charge in [-0.15, -0.1) is 11.6 Å². The summed E-state index contributed by atoms with van der Waals surface area (Å²) in [6.45, 7) is 2.29. The largest absolute Gasteiger partial charge is 0.131 e. The van der Waals surface area contributed by atoms with Gasteiger partial charge >= 0.3 is 0 Å². The Morgan fingerprint density at radius 2 is 0.857 bits per heavy atom. The molecule has 0 unspecified atom stereocenters. The first kappa shape index (κ1) is 21.5. The Morgan fingerprint density at radius 1 is 0.524 bits per heavy atom. The van der Waals surface area contributed by atoms with Crippen molar-refractivity contribution in [1.29, 1.82) is 0 Å². The summed E-state index contributed by atoms with van der Waals surface area (Å²) in [6, 6.07) is 1.47. The third-order valence-electron chi connectivity index (χ3n) is 4.49. The minimum absolute atomic E-state index is 0.123. The predicted molar refractivity (Wildman–Crippen MR) is 104 cm³/mol. The second-order valence-electron chi connectivity index (χ2n) is 6.70. The summed E-state index contributed by atoms with van der Waals surface area (Å²) in [6.07, 6.45) is 23.4. The van der Waals surface area contributed by atoms with E-state index in [0.29, 0.717) is 0 Å². The van der Waals surface area contributed by atoms with E-state index in [9.17, 15) is 0 Å². The van der Waals surface area contributed by atoms with Gasteiger partial charge in [0.1, 0.15) is 0 Å². The standard InChI is InChI=1S/C19H41ClSi/c1-2-3-4-5-6-7-8-9-10-11-12-13-14-15-16-17-18-21-19-20/h2-19,21H2,1H3. The van der Waals surface area contributed by atoms with Crippen molar-refractivity contribution in [3.63, 3.8) is 0 Å². The van der Waals surface area contributed by atoms with Crippen LogP contribution < -0.4 is 0 Å². The maximum atomic E-state index is 5.73. The van der Waals surface area contributed by atoms with Crippen LogP contribution in [0.25, 0.3) is 0 Å². The predicted octanol–water partition coefficient (Wildman–Crippen LogP) is 7.03. The van der Waals surface area contributed by atoms with E-state index >= 15 is 0 Å². The summed E-state index contributed by atoms with van der Waals surface area (Å²) in [7, 11) is 0.123. The number of hydrogen-bond donors (Lipinski definition) is 0. The second-order valence-corrected chi connectivity index (χ2v) is 9.63. The molecule has 0 aliphatic heterocycles. The second kappa shape index (κ2) is 20.5. The number of halogens is 1. The highest BCUT2D eigenvalue weighted by molar-refractivity contribution is 6.50. The molecule has 0 aromatic rings. The Balaban J connectivity index is 2.90. The Hall–Kier alpha value is 0.507. The molecule has 0 bridgehead atoms. The van der Waals surface area contributed by atoms with Crippen LogP contribution in [-0.4, -0.2) is 15.0 Å². The highest BCUT2D eigenvalue weighted by Gasteiger charge is 1.94. The average molecular weight is 333 g/mol. The maximum absolute atomic E-state index is 5.73. The molecular weight excluding hydrogens is 292 g/mol. The number of unbranched alkanes of at least 4 members (excludes halogenated alkanes) is 15. The Morgan fingerprint density at radius 3 is 1.19 bits per heavy atom. The zero-order valence-electron chi connectivity index (χ0n) is 14.8. The lowest BCUT2D eigenvalue weighted by molar-refractivity contribution is 0.531. The molecule has 0 saturated carbocycles. The lowest BCUT2D eigenvalue weighted by Gasteiger charge is -2.03. The van der Waals surface area contributed by atoms with Gasteiger partial charge in [0, 0.05) is 15.0 Å². The van der Waals surface area contributed by atoms with Gasteiger partial charge in [0.25, 0.3) is 0 Å². The van der Waals surface area contributed by atoms with Gasteiger partial charge in [-0.25, -0.2) is 0 Å². The minimum atomic E-state index is 0.123. The Labute approximate surface area is 142 Å². The lowest BCUT2D eigenvalue weighted by atomic mass is 10.0. The van der Waals surface area contributed by atoms with Crippen molar-refractivity contribution in [2.45, 2.75) is 116 Å². The molecule has 0 radical (unpaired) electrons. The molecule has 0 amide bonds. The molecular formula is C19H41ClSi. The summed E-state index contributed by atoms with van der Waals surface area (Å²) in [5.74, 6) is 0. The van der Waals surface area contributed by atoms with Gasteiger partial charge in [-0.2, -0.15) is 0 Å². The number of alkyl halides is 1. The summed E-state index contributed by atoms with van der Waals surface area (Å²) in [5.41, 5.74) is 0.985. The van der Waals surface area contributed by atoms with Crippen LogP contribution in [0.2, 0.25) is 6.04 Å². The summed E-state index contributed by atoms with van der Waals surface area (Å²) < 4.78 is 0. The van der Waals surface area contributed by atoms with Gasteiger partial charge in [-0.1, -0.05) is 116 Å². The molecule has 0 atom stereocenters. The highest BCUT2D eigenvalue weighted by atomic mass is 35.5. The summed E-state index contributed by atoms with van der Waals surface area (Å²) >= 11 is 5.73. The first-order valence-corrected chi connectivity index (χ1v) is 12.5. The monoisotopic (exact) mass is 332 g/mol. The van der Waals surface area contributed by atoms with Crippen molar-refractivity contribution in [1.82, 2.24) is 0 Å². The molecule has 0 fully saturated rings. The molecule has 0 aromatic heterocycles.